The lowest BCUT2D eigenvalue weighted by Crippen LogP contribution is -2.31. The van der Waals surface area contributed by atoms with Crippen molar-refractivity contribution in [3.05, 3.63) is 69.2 Å². The van der Waals surface area contributed by atoms with Crippen molar-refractivity contribution >= 4 is 33.5 Å². The Hall–Kier alpha value is -1.36. The van der Waals surface area contributed by atoms with E-state index < -0.39 is 5.97 Å². The van der Waals surface area contributed by atoms with E-state index in [1.165, 1.54) is 5.56 Å². The van der Waals surface area contributed by atoms with Gasteiger partial charge in [0.1, 0.15) is 0 Å². The van der Waals surface area contributed by atoms with Crippen molar-refractivity contribution < 1.29 is 9.90 Å². The van der Waals surface area contributed by atoms with E-state index in [2.05, 4.69) is 33.4 Å². The Labute approximate surface area is 149 Å². The molecule has 2 N–H and O–H groups in total. The van der Waals surface area contributed by atoms with Crippen molar-refractivity contribution in [2.24, 2.45) is 0 Å². The summed E-state index contributed by atoms with van der Waals surface area (Å²) < 4.78 is 0.864. The van der Waals surface area contributed by atoms with Crippen LogP contribution in [0.15, 0.2) is 53.0 Å². The average Bonchev–Trinajstić information content (AvgIpc) is 2.54. The molecular weight excluding hydrogens is 378 g/mol. The minimum absolute atomic E-state index is 0.114. The first-order valence-corrected chi connectivity index (χ1v) is 8.64. The number of halogens is 2. The predicted octanol–water partition coefficient (Wildman–Crippen LogP) is 4.67. The maximum Gasteiger partial charge on any atom is 0.303 e. The molecule has 2 aromatic rings. The van der Waals surface area contributed by atoms with Crippen molar-refractivity contribution in [2.75, 3.05) is 0 Å². The Morgan fingerprint density at radius 3 is 2.57 bits per heavy atom. The van der Waals surface area contributed by atoms with Crippen LogP contribution in [-0.2, 0) is 17.8 Å². The number of aliphatic carboxylic acids is 1. The molecule has 5 heteroatoms. The van der Waals surface area contributed by atoms with E-state index in [-0.39, 0.29) is 12.5 Å². The Morgan fingerprint density at radius 2 is 1.91 bits per heavy atom. The molecule has 122 valence electrons. The smallest absolute Gasteiger partial charge is 0.303 e. The number of hydrogen-bond acceptors (Lipinski definition) is 2. The van der Waals surface area contributed by atoms with E-state index in [9.17, 15) is 4.79 Å². The highest BCUT2D eigenvalue weighted by Crippen LogP contribution is 2.23. The summed E-state index contributed by atoms with van der Waals surface area (Å²) in [5.74, 6) is -0.765. The Kier molecular flexibility index (Phi) is 7.09. The largest absolute Gasteiger partial charge is 0.481 e. The molecule has 0 aromatic heterocycles. The normalized spacial score (nSPS) is 12.1. The molecule has 2 aromatic carbocycles. The van der Waals surface area contributed by atoms with Gasteiger partial charge in [0.05, 0.1) is 5.02 Å². The molecule has 0 spiro atoms. The molecule has 23 heavy (non-hydrogen) atoms. The first-order chi connectivity index (χ1) is 11.0. The Bertz CT molecular complexity index is 649. The van der Waals surface area contributed by atoms with Crippen molar-refractivity contribution in [3.8, 4) is 0 Å². The molecular formula is C18H19BrClNO2. The summed E-state index contributed by atoms with van der Waals surface area (Å²) in [6, 6.07) is 16.0. The van der Waals surface area contributed by atoms with Gasteiger partial charge in [-0.3, -0.25) is 4.79 Å². The van der Waals surface area contributed by atoms with Gasteiger partial charge in [-0.1, -0.05) is 48.0 Å². The second kappa shape index (κ2) is 9.06. The average molecular weight is 397 g/mol. The van der Waals surface area contributed by atoms with Crippen molar-refractivity contribution in [1.29, 1.82) is 0 Å². The maximum absolute atomic E-state index is 10.9. The highest BCUT2D eigenvalue weighted by atomic mass is 79.9. The van der Waals surface area contributed by atoms with Crippen LogP contribution in [0.4, 0.5) is 0 Å². The topological polar surface area (TPSA) is 49.3 Å². The van der Waals surface area contributed by atoms with E-state index in [1.54, 1.807) is 0 Å². The fraction of sp³-hybridized carbons (Fsp3) is 0.278. The van der Waals surface area contributed by atoms with Crippen molar-refractivity contribution in [2.45, 2.75) is 31.8 Å². The van der Waals surface area contributed by atoms with Crippen LogP contribution in [0.2, 0.25) is 5.02 Å². The Balaban J connectivity index is 1.98. The molecule has 0 amide bonds. The third kappa shape index (κ3) is 6.34. The van der Waals surface area contributed by atoms with E-state index in [0.717, 1.165) is 16.5 Å². The van der Waals surface area contributed by atoms with Gasteiger partial charge < -0.3 is 10.4 Å². The number of nitrogens with one attached hydrogen (secondary N) is 1. The van der Waals surface area contributed by atoms with Gasteiger partial charge in [-0.15, -0.1) is 0 Å². The molecule has 3 nitrogen and oxygen atoms in total. The molecule has 0 bridgehead atoms. The third-order valence-corrected chi connectivity index (χ3v) is 4.82. The summed E-state index contributed by atoms with van der Waals surface area (Å²) in [7, 11) is 0. The van der Waals surface area contributed by atoms with Gasteiger partial charge in [0.2, 0.25) is 0 Å². The molecule has 0 aliphatic carbocycles. The lowest BCUT2D eigenvalue weighted by molar-refractivity contribution is -0.137. The van der Waals surface area contributed by atoms with Crippen LogP contribution in [0.1, 0.15) is 24.0 Å². The predicted molar refractivity (Wildman–Crippen MR) is 96.8 cm³/mol. The van der Waals surface area contributed by atoms with Gasteiger partial charge in [-0.25, -0.2) is 0 Å². The van der Waals surface area contributed by atoms with Gasteiger partial charge in [0, 0.05) is 23.5 Å². The summed E-state index contributed by atoms with van der Waals surface area (Å²) in [5, 5.41) is 13.1. The highest BCUT2D eigenvalue weighted by Gasteiger charge is 2.12. The minimum Gasteiger partial charge on any atom is -0.481 e. The van der Waals surface area contributed by atoms with Crippen molar-refractivity contribution in [1.82, 2.24) is 5.32 Å². The van der Waals surface area contributed by atoms with Gasteiger partial charge in [-0.2, -0.15) is 0 Å². The minimum atomic E-state index is -0.765. The lowest BCUT2D eigenvalue weighted by Gasteiger charge is -2.18. The van der Waals surface area contributed by atoms with Gasteiger partial charge in [-0.05, 0) is 52.0 Å². The molecule has 1 unspecified atom stereocenters. The van der Waals surface area contributed by atoms with Crippen LogP contribution >= 0.6 is 27.5 Å². The van der Waals surface area contributed by atoms with Gasteiger partial charge >= 0.3 is 5.97 Å². The highest BCUT2D eigenvalue weighted by molar-refractivity contribution is 9.10. The van der Waals surface area contributed by atoms with Crippen LogP contribution < -0.4 is 5.32 Å². The summed E-state index contributed by atoms with van der Waals surface area (Å²) in [5.41, 5.74) is 2.31. The van der Waals surface area contributed by atoms with Crippen LogP contribution in [-0.4, -0.2) is 17.1 Å². The SMILES string of the molecule is O=C(O)CCC(Cc1ccccc1)NCc1ccc(Cl)c(Br)c1. The second-order valence-electron chi connectivity index (χ2n) is 5.45. The molecule has 1 atom stereocenters. The van der Waals surface area contributed by atoms with Crippen LogP contribution in [0.25, 0.3) is 0 Å². The van der Waals surface area contributed by atoms with Gasteiger partial charge in [0.25, 0.3) is 0 Å². The molecule has 0 saturated heterocycles. The quantitative estimate of drug-likeness (QED) is 0.682. The molecule has 0 saturated carbocycles. The number of carbonyl (C=O) groups is 1. The van der Waals surface area contributed by atoms with Gasteiger partial charge in [0.15, 0.2) is 0 Å². The van der Waals surface area contributed by atoms with E-state index >= 15 is 0 Å². The summed E-state index contributed by atoms with van der Waals surface area (Å²) in [4.78, 5) is 10.9. The van der Waals surface area contributed by atoms with Crippen LogP contribution in [0.5, 0.6) is 0 Å². The van der Waals surface area contributed by atoms with Crippen LogP contribution in [0, 0.1) is 0 Å². The summed E-state index contributed by atoms with van der Waals surface area (Å²) in [6.07, 6.45) is 1.57. The molecule has 0 aliphatic rings. The number of rotatable bonds is 8. The van der Waals surface area contributed by atoms with E-state index in [4.69, 9.17) is 16.7 Å². The fourth-order valence-electron chi connectivity index (χ4n) is 2.38. The van der Waals surface area contributed by atoms with Crippen LogP contribution in [0.3, 0.4) is 0 Å². The lowest BCUT2D eigenvalue weighted by atomic mass is 10.0. The zero-order chi connectivity index (χ0) is 16.7. The summed E-state index contributed by atoms with van der Waals surface area (Å²) >= 11 is 9.42. The fourth-order valence-corrected chi connectivity index (χ4v) is 2.93. The number of carboxylic acids is 1. The standard InChI is InChI=1S/C18H19BrClNO2/c19-16-11-14(6-8-17(16)20)12-21-15(7-9-18(22)23)10-13-4-2-1-3-5-13/h1-6,8,11,15,21H,7,9-10,12H2,(H,22,23). The second-order valence-corrected chi connectivity index (χ2v) is 6.71. The summed E-state index contributed by atoms with van der Waals surface area (Å²) in [6.45, 7) is 0.674. The zero-order valence-electron chi connectivity index (χ0n) is 12.6. The molecule has 2 rings (SSSR count). The number of hydrogen-bond donors (Lipinski definition) is 2. The zero-order valence-corrected chi connectivity index (χ0v) is 15.0. The molecule has 0 radical (unpaired) electrons. The molecule has 0 fully saturated rings. The van der Waals surface area contributed by atoms with Crippen molar-refractivity contribution in [3.63, 3.8) is 0 Å². The molecule has 0 heterocycles. The molecule has 0 aliphatic heterocycles. The monoisotopic (exact) mass is 395 g/mol. The first kappa shape index (κ1) is 18.0. The maximum atomic E-state index is 10.9. The van der Waals surface area contributed by atoms with E-state index in [0.29, 0.717) is 18.0 Å². The first-order valence-electron chi connectivity index (χ1n) is 7.47. The number of benzene rings is 2. The number of carboxylic acid groups (broad SMARTS) is 1. The van der Waals surface area contributed by atoms with E-state index in [1.807, 2.05) is 36.4 Å². The Morgan fingerprint density at radius 1 is 1.17 bits per heavy atom. The third-order valence-electron chi connectivity index (χ3n) is 3.61.